The van der Waals surface area contributed by atoms with Crippen LogP contribution in [0.5, 0.6) is 0 Å². The Labute approximate surface area is 85.4 Å². The molecule has 0 aliphatic heterocycles. The zero-order valence-corrected chi connectivity index (χ0v) is 11.6. The molecule has 2 nitrogen and oxygen atoms in total. The molecule has 0 heterocycles. The fraction of sp³-hybridized carbons (Fsp3) is 1.00. The lowest BCUT2D eigenvalue weighted by atomic mass is 10.1. The Balaban J connectivity index is 3.39. The van der Waals surface area contributed by atoms with Gasteiger partial charge in [0.25, 0.3) is 0 Å². The van der Waals surface area contributed by atoms with E-state index in [4.69, 9.17) is 9.47 Å². The Hall–Kier alpha value is 0.137. The number of hydrogen-bond donors (Lipinski definition) is 0. The van der Waals surface area contributed by atoms with Crippen molar-refractivity contribution < 1.29 is 9.47 Å². The average molecular weight is 204 g/mol. The second-order valence-corrected chi connectivity index (χ2v) is 5.23. The van der Waals surface area contributed by atoms with Crippen LogP contribution in [0.1, 0.15) is 45.4 Å². The Bertz CT molecular complexity index is 113. The average Bonchev–Trinajstić information content (AvgIpc) is 2.17. The van der Waals surface area contributed by atoms with Crippen LogP contribution in [0.2, 0.25) is 0 Å². The molecule has 0 aliphatic carbocycles. The van der Waals surface area contributed by atoms with E-state index in [1.807, 2.05) is 0 Å². The molecule has 0 saturated carbocycles. The lowest BCUT2D eigenvalue weighted by molar-refractivity contribution is -0.146. The number of hydrogen-bond acceptors (Lipinski definition) is 2. The van der Waals surface area contributed by atoms with Crippen molar-refractivity contribution in [2.45, 2.75) is 50.9 Å². The largest absolute Gasteiger partial charge is 0.358 e. The van der Waals surface area contributed by atoms with Crippen molar-refractivity contribution in [3.05, 3.63) is 0 Å². The third-order valence-corrected chi connectivity index (χ3v) is 3.91. The van der Waals surface area contributed by atoms with E-state index in [0.29, 0.717) is 0 Å². The van der Waals surface area contributed by atoms with Crippen molar-refractivity contribution in [3.8, 4) is 0 Å². The minimum absolute atomic E-state index is 0.230. The molecular formula is C10H24O2Si. The molecule has 0 atom stereocenters. The molecule has 0 amide bonds. The van der Waals surface area contributed by atoms with Crippen molar-refractivity contribution in [2.75, 3.05) is 14.2 Å². The topological polar surface area (TPSA) is 18.5 Å². The van der Waals surface area contributed by atoms with E-state index in [-0.39, 0.29) is 5.41 Å². The molecule has 0 unspecified atom stereocenters. The summed E-state index contributed by atoms with van der Waals surface area (Å²) in [5.41, 5.74) is -0.230. The molecule has 0 spiro atoms. The van der Waals surface area contributed by atoms with Gasteiger partial charge >= 0.3 is 0 Å². The molecule has 0 bridgehead atoms. The van der Waals surface area contributed by atoms with Crippen molar-refractivity contribution in [1.82, 2.24) is 0 Å². The molecular weight excluding hydrogens is 180 g/mol. The third-order valence-electron chi connectivity index (χ3n) is 2.60. The molecule has 0 aromatic carbocycles. The summed E-state index contributed by atoms with van der Waals surface area (Å²) >= 11 is 0. The van der Waals surface area contributed by atoms with Crippen LogP contribution in [-0.2, 0) is 9.47 Å². The minimum Gasteiger partial charge on any atom is -0.358 e. The summed E-state index contributed by atoms with van der Waals surface area (Å²) < 4.78 is 10.7. The van der Waals surface area contributed by atoms with Gasteiger partial charge in [-0.3, -0.25) is 0 Å². The van der Waals surface area contributed by atoms with Crippen molar-refractivity contribution in [2.24, 2.45) is 0 Å². The third kappa shape index (κ3) is 6.24. The van der Waals surface area contributed by atoms with E-state index in [1.54, 1.807) is 14.2 Å². The molecule has 0 N–H and O–H groups in total. The zero-order valence-electron chi connectivity index (χ0n) is 9.56. The van der Waals surface area contributed by atoms with Crippen molar-refractivity contribution in [1.29, 1.82) is 0 Å². The first kappa shape index (κ1) is 13.1. The Kier molecular flexibility index (Phi) is 7.61. The molecule has 0 saturated heterocycles. The number of unbranched alkanes of at least 4 members (excludes halogenated alkanes) is 4. The molecule has 80 valence electrons. The predicted molar refractivity (Wildman–Crippen MR) is 60.1 cm³/mol. The van der Waals surface area contributed by atoms with E-state index in [1.165, 1.54) is 32.1 Å². The molecule has 0 aromatic rings. The zero-order chi connectivity index (χ0) is 10.2. The first-order valence-corrected chi connectivity index (χ1v) is 6.29. The van der Waals surface area contributed by atoms with E-state index in [9.17, 15) is 0 Å². The number of rotatable bonds is 8. The summed E-state index contributed by atoms with van der Waals surface area (Å²) in [5.74, 6) is 0. The number of methoxy groups -OCH3 is 2. The summed E-state index contributed by atoms with van der Waals surface area (Å²) in [6, 6.07) is 0. The van der Waals surface area contributed by atoms with Gasteiger partial charge in [0.1, 0.15) is 5.41 Å². The molecule has 13 heavy (non-hydrogen) atoms. The Morgan fingerprint density at radius 2 is 1.54 bits per heavy atom. The molecule has 0 rings (SSSR count). The van der Waals surface area contributed by atoms with Crippen LogP contribution < -0.4 is 0 Å². The maximum absolute atomic E-state index is 5.33. The molecule has 0 aromatic heterocycles. The quantitative estimate of drug-likeness (QED) is 0.340. The first-order valence-electron chi connectivity index (χ1n) is 5.29. The summed E-state index contributed by atoms with van der Waals surface area (Å²) in [6.07, 6.45) is 7.60. The van der Waals surface area contributed by atoms with Crippen LogP contribution in [0, 0.1) is 0 Å². The van der Waals surface area contributed by atoms with Crippen molar-refractivity contribution >= 4 is 10.2 Å². The van der Waals surface area contributed by atoms with Crippen LogP contribution in [0.3, 0.4) is 0 Å². The fourth-order valence-electron chi connectivity index (χ4n) is 1.34. The summed E-state index contributed by atoms with van der Waals surface area (Å²) in [4.78, 5) is 0. The van der Waals surface area contributed by atoms with Gasteiger partial charge in [0.15, 0.2) is 0 Å². The van der Waals surface area contributed by atoms with Crippen LogP contribution >= 0.6 is 0 Å². The van der Waals surface area contributed by atoms with E-state index in [0.717, 1.165) is 16.7 Å². The normalized spacial score (nSPS) is 12.2. The highest BCUT2D eigenvalue weighted by Gasteiger charge is 2.20. The summed E-state index contributed by atoms with van der Waals surface area (Å²) in [7, 11) is 4.42. The van der Waals surface area contributed by atoms with Gasteiger partial charge in [-0.15, -0.1) is 0 Å². The van der Waals surface area contributed by atoms with Gasteiger partial charge in [0.2, 0.25) is 0 Å². The van der Waals surface area contributed by atoms with E-state index >= 15 is 0 Å². The minimum atomic E-state index is -0.230. The van der Waals surface area contributed by atoms with Gasteiger partial charge in [-0.1, -0.05) is 32.6 Å². The lowest BCUT2D eigenvalue weighted by Gasteiger charge is -2.26. The highest BCUT2D eigenvalue weighted by Crippen LogP contribution is 2.16. The maximum atomic E-state index is 5.33. The van der Waals surface area contributed by atoms with E-state index < -0.39 is 0 Å². The van der Waals surface area contributed by atoms with Gasteiger partial charge in [0.05, 0.1) is 10.2 Å². The standard InChI is InChI=1S/C10H24O2Si/c1-4-5-6-7-8-9-10(13,11-2)12-3/h4-9H2,1-3,13H3. The van der Waals surface area contributed by atoms with Crippen molar-refractivity contribution in [3.63, 3.8) is 0 Å². The Morgan fingerprint density at radius 3 is 2.00 bits per heavy atom. The van der Waals surface area contributed by atoms with Gasteiger partial charge < -0.3 is 9.47 Å². The first-order chi connectivity index (χ1) is 6.18. The second-order valence-electron chi connectivity index (χ2n) is 3.71. The van der Waals surface area contributed by atoms with E-state index in [2.05, 4.69) is 6.92 Å². The maximum Gasteiger partial charge on any atom is 0.140 e. The highest BCUT2D eigenvalue weighted by molar-refractivity contribution is 6.13. The monoisotopic (exact) mass is 204 g/mol. The summed E-state index contributed by atoms with van der Waals surface area (Å²) in [5, 5.41) is 0. The van der Waals surface area contributed by atoms with Crippen LogP contribution in [0.25, 0.3) is 0 Å². The predicted octanol–water partition coefficient (Wildman–Crippen LogP) is 1.66. The van der Waals surface area contributed by atoms with Gasteiger partial charge in [-0.25, -0.2) is 0 Å². The molecule has 0 radical (unpaired) electrons. The van der Waals surface area contributed by atoms with Crippen LogP contribution in [-0.4, -0.2) is 29.9 Å². The van der Waals surface area contributed by atoms with Gasteiger partial charge in [-0.2, -0.15) is 0 Å². The molecule has 0 fully saturated rings. The molecule has 3 heteroatoms. The Morgan fingerprint density at radius 1 is 1.00 bits per heavy atom. The van der Waals surface area contributed by atoms with Gasteiger partial charge in [0, 0.05) is 14.2 Å². The van der Waals surface area contributed by atoms with Crippen LogP contribution in [0.4, 0.5) is 0 Å². The fourth-order valence-corrected chi connectivity index (χ4v) is 1.69. The smallest absolute Gasteiger partial charge is 0.140 e. The van der Waals surface area contributed by atoms with Crippen LogP contribution in [0.15, 0.2) is 0 Å². The molecule has 0 aliphatic rings. The lowest BCUT2D eigenvalue weighted by Crippen LogP contribution is -2.33. The SMILES string of the molecule is CCCCCCCC([SiH3])(OC)OC. The second kappa shape index (κ2) is 7.53. The van der Waals surface area contributed by atoms with Gasteiger partial charge in [-0.05, 0) is 12.8 Å². The highest BCUT2D eigenvalue weighted by atomic mass is 28.1. The number of ether oxygens (including phenoxy) is 2. The summed E-state index contributed by atoms with van der Waals surface area (Å²) in [6.45, 7) is 2.24.